The summed E-state index contributed by atoms with van der Waals surface area (Å²) < 4.78 is 18.5. The highest BCUT2D eigenvalue weighted by atomic mass is 19.1. The molecule has 6 nitrogen and oxygen atoms in total. The number of H-pyrrole nitrogens is 1. The Balaban J connectivity index is 1.85. The van der Waals surface area contributed by atoms with Gasteiger partial charge in [-0.1, -0.05) is 0 Å². The first-order valence-electron chi connectivity index (χ1n) is 8.69. The van der Waals surface area contributed by atoms with Gasteiger partial charge in [-0.25, -0.2) is 9.18 Å². The highest BCUT2D eigenvalue weighted by Gasteiger charge is 2.21. The number of amides is 2. The van der Waals surface area contributed by atoms with Crippen LogP contribution in [0.4, 0.5) is 9.18 Å². The number of nitrogens with one attached hydrogen (secondary N) is 2. The average Bonchev–Trinajstić information content (AvgIpc) is 2.91. The van der Waals surface area contributed by atoms with Gasteiger partial charge in [-0.3, -0.25) is 4.79 Å². The van der Waals surface area contributed by atoms with Gasteiger partial charge in [0.05, 0.1) is 6.42 Å². The molecule has 0 unspecified atom stereocenters. The number of benzene rings is 1. The quantitative estimate of drug-likeness (QED) is 0.827. The number of ether oxygens (including phenoxy) is 1. The van der Waals surface area contributed by atoms with Crippen molar-refractivity contribution in [3.63, 3.8) is 0 Å². The first-order chi connectivity index (χ1) is 12.2. The summed E-state index contributed by atoms with van der Waals surface area (Å²) >= 11 is 0. The predicted octanol–water partition coefficient (Wildman–Crippen LogP) is 3.22. The number of carbonyl (C=O) groups is 2. The molecule has 0 aliphatic heterocycles. The third-order valence-electron chi connectivity index (χ3n) is 3.82. The third-order valence-corrected chi connectivity index (χ3v) is 3.82. The van der Waals surface area contributed by atoms with Gasteiger partial charge >= 0.3 is 6.09 Å². The summed E-state index contributed by atoms with van der Waals surface area (Å²) in [4.78, 5) is 28.7. The minimum atomic E-state index is -0.553. The minimum Gasteiger partial charge on any atom is -0.444 e. The van der Waals surface area contributed by atoms with Crippen LogP contribution in [0.2, 0.25) is 0 Å². The van der Waals surface area contributed by atoms with E-state index in [1.807, 2.05) is 27.7 Å². The first kappa shape index (κ1) is 19.8. The minimum absolute atomic E-state index is 0.157. The monoisotopic (exact) mass is 363 g/mol. The molecule has 2 rings (SSSR count). The molecule has 0 aliphatic rings. The van der Waals surface area contributed by atoms with Crippen molar-refractivity contribution >= 4 is 22.9 Å². The maximum Gasteiger partial charge on any atom is 0.410 e. The summed E-state index contributed by atoms with van der Waals surface area (Å²) in [6, 6.07) is 4.43. The normalized spacial score (nSPS) is 11.4. The molecule has 7 heteroatoms. The highest BCUT2D eigenvalue weighted by Crippen LogP contribution is 2.19. The molecule has 0 radical (unpaired) electrons. The molecule has 0 saturated carbocycles. The smallest absolute Gasteiger partial charge is 0.410 e. The maximum atomic E-state index is 13.2. The second-order valence-electron chi connectivity index (χ2n) is 7.09. The molecular weight excluding hydrogens is 337 g/mol. The lowest BCUT2D eigenvalue weighted by Gasteiger charge is -2.26. The topological polar surface area (TPSA) is 74.4 Å². The molecule has 0 spiro atoms. The van der Waals surface area contributed by atoms with Crippen LogP contribution in [0, 0.1) is 5.82 Å². The lowest BCUT2D eigenvalue weighted by molar-refractivity contribution is -0.120. The van der Waals surface area contributed by atoms with E-state index >= 15 is 0 Å². The number of hydrogen-bond donors (Lipinski definition) is 2. The number of halogens is 1. The van der Waals surface area contributed by atoms with Crippen LogP contribution in [0.3, 0.4) is 0 Å². The number of rotatable bonds is 6. The molecular formula is C19H26FN3O3. The van der Waals surface area contributed by atoms with E-state index in [9.17, 15) is 14.0 Å². The molecule has 2 N–H and O–H groups in total. The Bertz CT molecular complexity index is 780. The van der Waals surface area contributed by atoms with Crippen molar-refractivity contribution < 1.29 is 18.7 Å². The van der Waals surface area contributed by atoms with Gasteiger partial charge in [-0.15, -0.1) is 0 Å². The molecule has 0 fully saturated rings. The van der Waals surface area contributed by atoms with Crippen molar-refractivity contribution in [1.29, 1.82) is 0 Å². The first-order valence-corrected chi connectivity index (χ1v) is 8.69. The van der Waals surface area contributed by atoms with Crippen LogP contribution in [-0.2, 0) is 16.0 Å². The summed E-state index contributed by atoms with van der Waals surface area (Å²) in [6.07, 6.45) is 1.50. The molecule has 26 heavy (non-hydrogen) atoms. The fourth-order valence-corrected chi connectivity index (χ4v) is 2.58. The molecule has 2 aromatic rings. The Morgan fingerprint density at radius 3 is 2.69 bits per heavy atom. The molecule has 0 aliphatic carbocycles. The zero-order valence-corrected chi connectivity index (χ0v) is 15.7. The Morgan fingerprint density at radius 1 is 1.31 bits per heavy atom. The van der Waals surface area contributed by atoms with Gasteiger partial charge in [0.25, 0.3) is 0 Å². The number of nitrogens with zero attached hydrogens (tertiary/aromatic N) is 1. The van der Waals surface area contributed by atoms with Gasteiger partial charge in [0.15, 0.2) is 0 Å². The Kier molecular flexibility index (Phi) is 6.23. The number of fused-ring (bicyclic) bond motifs is 1. The lowest BCUT2D eigenvalue weighted by atomic mass is 10.1. The number of aromatic amines is 1. The Hall–Kier alpha value is -2.57. The fraction of sp³-hybridized carbons (Fsp3) is 0.474. The van der Waals surface area contributed by atoms with Gasteiger partial charge in [0.1, 0.15) is 11.4 Å². The SMILES string of the molecule is CCN(CCNC(=O)Cc1c[nH]c2cc(F)ccc12)C(=O)OC(C)(C)C. The molecule has 1 aromatic heterocycles. The van der Waals surface area contributed by atoms with Crippen LogP contribution >= 0.6 is 0 Å². The van der Waals surface area contributed by atoms with Crippen molar-refractivity contribution in [3.8, 4) is 0 Å². The zero-order valence-electron chi connectivity index (χ0n) is 15.7. The van der Waals surface area contributed by atoms with Crippen LogP contribution in [0.15, 0.2) is 24.4 Å². The van der Waals surface area contributed by atoms with Crippen molar-refractivity contribution in [2.75, 3.05) is 19.6 Å². The molecule has 0 bridgehead atoms. The summed E-state index contributed by atoms with van der Waals surface area (Å²) in [5.74, 6) is -0.479. The van der Waals surface area contributed by atoms with E-state index in [1.54, 1.807) is 17.2 Å². The molecule has 0 atom stereocenters. The Labute approximate surface area is 152 Å². The lowest BCUT2D eigenvalue weighted by Crippen LogP contribution is -2.41. The predicted molar refractivity (Wildman–Crippen MR) is 98.5 cm³/mol. The van der Waals surface area contributed by atoms with Crippen LogP contribution in [0.1, 0.15) is 33.3 Å². The van der Waals surface area contributed by atoms with E-state index in [0.29, 0.717) is 25.2 Å². The van der Waals surface area contributed by atoms with E-state index in [0.717, 1.165) is 10.9 Å². The van der Waals surface area contributed by atoms with Crippen LogP contribution in [0.5, 0.6) is 0 Å². The molecule has 1 heterocycles. The zero-order chi connectivity index (χ0) is 19.3. The van der Waals surface area contributed by atoms with Gasteiger partial charge in [-0.2, -0.15) is 0 Å². The number of carbonyl (C=O) groups excluding carboxylic acids is 2. The molecule has 1 aromatic carbocycles. The van der Waals surface area contributed by atoms with Crippen molar-refractivity contribution in [2.24, 2.45) is 0 Å². The van der Waals surface area contributed by atoms with Crippen molar-refractivity contribution in [2.45, 2.75) is 39.7 Å². The van der Waals surface area contributed by atoms with Gasteiger partial charge < -0.3 is 19.9 Å². The van der Waals surface area contributed by atoms with Gasteiger partial charge in [-0.05, 0) is 51.5 Å². The number of aromatic nitrogens is 1. The van der Waals surface area contributed by atoms with Crippen molar-refractivity contribution in [3.05, 3.63) is 35.8 Å². The summed E-state index contributed by atoms with van der Waals surface area (Å²) in [5, 5.41) is 3.63. The third kappa shape index (κ3) is 5.47. The van der Waals surface area contributed by atoms with Crippen molar-refractivity contribution in [1.82, 2.24) is 15.2 Å². The number of likely N-dealkylation sites (N-methyl/N-ethyl adjacent to an activating group) is 1. The van der Waals surface area contributed by atoms with Gasteiger partial charge in [0.2, 0.25) is 5.91 Å². The van der Waals surface area contributed by atoms with E-state index in [4.69, 9.17) is 4.74 Å². The van der Waals surface area contributed by atoms with E-state index in [1.165, 1.54) is 12.1 Å². The second kappa shape index (κ2) is 8.21. The van der Waals surface area contributed by atoms with E-state index in [-0.39, 0.29) is 18.1 Å². The summed E-state index contributed by atoms with van der Waals surface area (Å²) in [5.41, 5.74) is 0.912. The Morgan fingerprint density at radius 2 is 2.04 bits per heavy atom. The standard InChI is InChI=1S/C19H26FN3O3/c1-5-23(18(25)26-19(2,3)4)9-8-21-17(24)10-13-12-22-16-11-14(20)6-7-15(13)16/h6-7,11-12,22H,5,8-10H2,1-4H3,(H,21,24). The summed E-state index contributed by atoms with van der Waals surface area (Å²) in [6.45, 7) is 8.50. The van der Waals surface area contributed by atoms with Crippen LogP contribution in [-0.4, -0.2) is 47.1 Å². The molecule has 142 valence electrons. The van der Waals surface area contributed by atoms with Gasteiger partial charge in [0, 0.05) is 36.7 Å². The van der Waals surface area contributed by atoms with Crippen LogP contribution in [0.25, 0.3) is 10.9 Å². The largest absolute Gasteiger partial charge is 0.444 e. The number of hydrogen-bond acceptors (Lipinski definition) is 3. The summed E-state index contributed by atoms with van der Waals surface area (Å²) in [7, 11) is 0. The van der Waals surface area contributed by atoms with E-state index < -0.39 is 11.7 Å². The second-order valence-corrected chi connectivity index (χ2v) is 7.09. The maximum absolute atomic E-state index is 13.2. The molecule has 2 amide bonds. The highest BCUT2D eigenvalue weighted by molar-refractivity contribution is 5.88. The van der Waals surface area contributed by atoms with E-state index in [2.05, 4.69) is 10.3 Å². The average molecular weight is 363 g/mol. The molecule has 0 saturated heterocycles. The van der Waals surface area contributed by atoms with Crippen LogP contribution < -0.4 is 5.32 Å². The fourth-order valence-electron chi connectivity index (χ4n) is 2.58.